The molecule has 2 heterocycles. The van der Waals surface area contributed by atoms with Gasteiger partial charge in [-0.2, -0.15) is 4.98 Å². The number of aryl methyl sites for hydroxylation is 2. The van der Waals surface area contributed by atoms with Crippen molar-refractivity contribution >= 4 is 17.5 Å². The average molecular weight is 390 g/mol. The zero-order valence-electron chi connectivity index (χ0n) is 16.9. The summed E-state index contributed by atoms with van der Waals surface area (Å²) in [6, 6.07) is 18.0. The van der Waals surface area contributed by atoms with Crippen LogP contribution in [0.25, 0.3) is 0 Å². The van der Waals surface area contributed by atoms with Crippen LogP contribution in [0.15, 0.2) is 54.6 Å². The number of hydrogen-bond donors (Lipinski definition) is 1. The summed E-state index contributed by atoms with van der Waals surface area (Å²) < 4.78 is 10.9. The van der Waals surface area contributed by atoms with Crippen molar-refractivity contribution in [3.63, 3.8) is 0 Å². The molecule has 2 aromatic carbocycles. The molecule has 1 aliphatic heterocycles. The molecule has 0 fully saturated rings. The highest BCUT2D eigenvalue weighted by molar-refractivity contribution is 5.64. The van der Waals surface area contributed by atoms with E-state index in [2.05, 4.69) is 39.5 Å². The third-order valence-electron chi connectivity index (χ3n) is 4.93. The zero-order chi connectivity index (χ0) is 20.1. The Morgan fingerprint density at radius 1 is 1.03 bits per heavy atom. The highest BCUT2D eigenvalue weighted by Gasteiger charge is 2.20. The molecule has 0 radical (unpaired) electrons. The molecule has 0 amide bonds. The van der Waals surface area contributed by atoms with E-state index in [9.17, 15) is 0 Å². The summed E-state index contributed by atoms with van der Waals surface area (Å²) in [6.45, 7) is 4.12. The number of anilines is 3. The number of methoxy groups -OCH3 is 1. The summed E-state index contributed by atoms with van der Waals surface area (Å²) in [5.41, 5.74) is 3.50. The molecule has 6 nitrogen and oxygen atoms in total. The van der Waals surface area contributed by atoms with E-state index in [1.807, 2.05) is 37.3 Å². The van der Waals surface area contributed by atoms with Crippen LogP contribution in [0, 0.1) is 6.92 Å². The molecule has 4 rings (SSSR count). The number of benzene rings is 2. The molecule has 0 spiro atoms. The zero-order valence-corrected chi connectivity index (χ0v) is 16.9. The summed E-state index contributed by atoms with van der Waals surface area (Å²) in [4.78, 5) is 11.6. The van der Waals surface area contributed by atoms with Gasteiger partial charge in [0, 0.05) is 24.0 Å². The quantitative estimate of drug-likeness (QED) is 0.605. The van der Waals surface area contributed by atoms with E-state index in [1.165, 1.54) is 11.3 Å². The van der Waals surface area contributed by atoms with Gasteiger partial charge in [-0.3, -0.25) is 0 Å². The molecule has 6 heteroatoms. The lowest BCUT2D eigenvalue weighted by atomic mass is 10.0. The molecule has 0 unspecified atom stereocenters. The average Bonchev–Trinajstić information content (AvgIpc) is 2.76. The number of nitrogens with one attached hydrogen (secondary N) is 1. The van der Waals surface area contributed by atoms with Crippen LogP contribution in [0.1, 0.15) is 17.7 Å². The van der Waals surface area contributed by atoms with Crippen molar-refractivity contribution in [2.75, 3.05) is 37.0 Å². The van der Waals surface area contributed by atoms with Crippen molar-refractivity contribution in [3.8, 4) is 11.5 Å². The Hall–Kier alpha value is -3.28. The summed E-state index contributed by atoms with van der Waals surface area (Å²) >= 11 is 0. The Balaban J connectivity index is 1.40. The minimum absolute atomic E-state index is 0.539. The highest BCUT2D eigenvalue weighted by atomic mass is 16.5. The molecule has 3 aromatic rings. The van der Waals surface area contributed by atoms with Gasteiger partial charge in [0.05, 0.1) is 13.7 Å². The Bertz CT molecular complexity index is 959. The minimum Gasteiger partial charge on any atom is -0.497 e. The van der Waals surface area contributed by atoms with Gasteiger partial charge in [-0.1, -0.05) is 18.2 Å². The molecule has 1 N–H and O–H groups in total. The van der Waals surface area contributed by atoms with Crippen molar-refractivity contribution in [1.29, 1.82) is 0 Å². The van der Waals surface area contributed by atoms with E-state index >= 15 is 0 Å². The lowest BCUT2D eigenvalue weighted by Crippen LogP contribution is -2.26. The maximum atomic E-state index is 5.78. The van der Waals surface area contributed by atoms with E-state index < -0.39 is 0 Å². The number of ether oxygens (including phenoxy) is 2. The molecule has 29 heavy (non-hydrogen) atoms. The standard InChI is InChI=1S/C23H26N4O2/c1-17-16-22(24-13-15-29-20-11-9-19(28-2)10-12-20)26-23(25-17)27-14-5-7-18-6-3-4-8-21(18)27/h3-4,6,8-12,16H,5,7,13-15H2,1-2H3,(H,24,25,26). The third kappa shape index (κ3) is 4.59. The molecule has 0 saturated carbocycles. The number of nitrogens with zero attached hydrogens (tertiary/aromatic N) is 3. The number of fused-ring (bicyclic) bond motifs is 1. The minimum atomic E-state index is 0.539. The maximum Gasteiger partial charge on any atom is 0.232 e. The van der Waals surface area contributed by atoms with Crippen LogP contribution in [0.4, 0.5) is 17.5 Å². The van der Waals surface area contributed by atoms with Gasteiger partial charge in [0.2, 0.25) is 5.95 Å². The van der Waals surface area contributed by atoms with Crippen LogP contribution in [0.2, 0.25) is 0 Å². The van der Waals surface area contributed by atoms with Crippen LogP contribution in [-0.2, 0) is 6.42 Å². The predicted octanol–water partition coefficient (Wildman–Crippen LogP) is 4.37. The lowest BCUT2D eigenvalue weighted by Gasteiger charge is -2.29. The molecule has 0 saturated heterocycles. The predicted molar refractivity (Wildman–Crippen MR) is 116 cm³/mol. The van der Waals surface area contributed by atoms with Gasteiger partial charge in [0.1, 0.15) is 23.9 Å². The van der Waals surface area contributed by atoms with Crippen molar-refractivity contribution in [1.82, 2.24) is 9.97 Å². The van der Waals surface area contributed by atoms with Crippen molar-refractivity contribution in [2.24, 2.45) is 0 Å². The SMILES string of the molecule is COc1ccc(OCCNc2cc(C)nc(N3CCCc4ccccc43)n2)cc1. The fourth-order valence-electron chi connectivity index (χ4n) is 3.53. The second kappa shape index (κ2) is 8.82. The number of para-hydroxylation sites is 1. The Morgan fingerprint density at radius 2 is 1.83 bits per heavy atom. The Labute approximate surface area is 171 Å². The Kier molecular flexibility index (Phi) is 5.79. The van der Waals surface area contributed by atoms with Crippen molar-refractivity contribution in [2.45, 2.75) is 19.8 Å². The van der Waals surface area contributed by atoms with Gasteiger partial charge in [-0.15, -0.1) is 0 Å². The van der Waals surface area contributed by atoms with Gasteiger partial charge in [0.15, 0.2) is 0 Å². The molecule has 0 atom stereocenters. The normalized spacial score (nSPS) is 13.0. The van der Waals surface area contributed by atoms with Crippen molar-refractivity contribution < 1.29 is 9.47 Å². The topological polar surface area (TPSA) is 59.5 Å². The number of aromatic nitrogens is 2. The van der Waals surface area contributed by atoms with Gasteiger partial charge in [0.25, 0.3) is 0 Å². The molecule has 0 bridgehead atoms. The van der Waals surface area contributed by atoms with Crippen molar-refractivity contribution in [3.05, 3.63) is 65.9 Å². The smallest absolute Gasteiger partial charge is 0.232 e. The summed E-state index contributed by atoms with van der Waals surface area (Å²) in [7, 11) is 1.65. The molecule has 0 aliphatic carbocycles. The van der Waals surface area contributed by atoms with Crippen LogP contribution < -0.4 is 19.7 Å². The number of hydrogen-bond acceptors (Lipinski definition) is 6. The molecular weight excluding hydrogens is 364 g/mol. The summed E-state index contributed by atoms with van der Waals surface area (Å²) in [5, 5.41) is 3.35. The van der Waals surface area contributed by atoms with Crippen LogP contribution in [-0.4, -0.2) is 36.8 Å². The third-order valence-corrected chi connectivity index (χ3v) is 4.93. The van der Waals surface area contributed by atoms with Gasteiger partial charge >= 0.3 is 0 Å². The van der Waals surface area contributed by atoms with Crippen LogP contribution in [0.5, 0.6) is 11.5 Å². The first-order chi connectivity index (χ1) is 14.2. The molecular formula is C23H26N4O2. The first-order valence-electron chi connectivity index (χ1n) is 9.95. The van der Waals surface area contributed by atoms with Crippen LogP contribution >= 0.6 is 0 Å². The molecule has 150 valence electrons. The van der Waals surface area contributed by atoms with Crippen LogP contribution in [0.3, 0.4) is 0 Å². The largest absolute Gasteiger partial charge is 0.497 e. The maximum absolute atomic E-state index is 5.78. The summed E-state index contributed by atoms with van der Waals surface area (Å²) in [5.74, 6) is 3.19. The number of rotatable bonds is 7. The lowest BCUT2D eigenvalue weighted by molar-refractivity contribution is 0.331. The Morgan fingerprint density at radius 3 is 2.66 bits per heavy atom. The second-order valence-corrected chi connectivity index (χ2v) is 7.03. The summed E-state index contributed by atoms with van der Waals surface area (Å²) in [6.07, 6.45) is 2.21. The fourth-order valence-corrected chi connectivity index (χ4v) is 3.53. The fraction of sp³-hybridized carbons (Fsp3) is 0.304. The van der Waals surface area contributed by atoms with Gasteiger partial charge in [-0.05, 0) is 55.7 Å². The van der Waals surface area contributed by atoms with E-state index in [4.69, 9.17) is 14.5 Å². The first-order valence-corrected chi connectivity index (χ1v) is 9.95. The highest BCUT2D eigenvalue weighted by Crippen LogP contribution is 2.31. The van der Waals surface area contributed by atoms with E-state index in [0.29, 0.717) is 13.2 Å². The molecule has 1 aliphatic rings. The monoisotopic (exact) mass is 390 g/mol. The second-order valence-electron chi connectivity index (χ2n) is 7.03. The first kappa shape index (κ1) is 19.1. The van der Waals surface area contributed by atoms with E-state index in [0.717, 1.165) is 48.3 Å². The molecule has 1 aromatic heterocycles. The van der Waals surface area contributed by atoms with Gasteiger partial charge in [-0.25, -0.2) is 4.98 Å². The van der Waals surface area contributed by atoms with E-state index in [1.54, 1.807) is 7.11 Å². The van der Waals surface area contributed by atoms with E-state index in [-0.39, 0.29) is 0 Å². The van der Waals surface area contributed by atoms with Gasteiger partial charge < -0.3 is 19.7 Å².